The highest BCUT2D eigenvalue weighted by atomic mass is 19.4. The molecule has 3 aromatic rings. The molecular formula is C22H18F3N3. The summed E-state index contributed by atoms with van der Waals surface area (Å²) in [7, 11) is 0. The maximum Gasteiger partial charge on any atom is 0.416 e. The van der Waals surface area contributed by atoms with Gasteiger partial charge in [0.25, 0.3) is 0 Å². The van der Waals surface area contributed by atoms with Crippen molar-refractivity contribution in [1.29, 1.82) is 5.26 Å². The van der Waals surface area contributed by atoms with Gasteiger partial charge < -0.3 is 5.01 Å². The molecule has 0 amide bonds. The van der Waals surface area contributed by atoms with E-state index in [9.17, 15) is 18.4 Å². The lowest BCUT2D eigenvalue weighted by molar-refractivity contribution is -0.137. The smallest absolute Gasteiger partial charge is 0.305 e. The van der Waals surface area contributed by atoms with E-state index in [-0.39, 0.29) is 0 Å². The molecule has 28 heavy (non-hydrogen) atoms. The molecule has 1 aliphatic heterocycles. The average molecular weight is 381 g/mol. The van der Waals surface area contributed by atoms with E-state index in [4.69, 9.17) is 0 Å². The minimum atomic E-state index is -4.32. The van der Waals surface area contributed by atoms with Crippen LogP contribution in [0.1, 0.15) is 23.1 Å². The van der Waals surface area contributed by atoms with Crippen LogP contribution in [-0.2, 0) is 12.7 Å². The summed E-state index contributed by atoms with van der Waals surface area (Å²) in [6.45, 7) is 2.19. The lowest BCUT2D eigenvalue weighted by Gasteiger charge is -2.31. The number of rotatable bonds is 3. The van der Waals surface area contributed by atoms with Crippen molar-refractivity contribution in [2.24, 2.45) is 0 Å². The molecule has 1 aliphatic rings. The fourth-order valence-corrected chi connectivity index (χ4v) is 3.72. The zero-order chi connectivity index (χ0) is 19.7. The normalized spacial score (nSPS) is 15.1. The first-order valence-electron chi connectivity index (χ1n) is 9.08. The number of nitriles is 1. The van der Waals surface area contributed by atoms with Crippen molar-refractivity contribution in [3.63, 3.8) is 0 Å². The summed E-state index contributed by atoms with van der Waals surface area (Å²) in [6.07, 6.45) is -3.35. The zero-order valence-corrected chi connectivity index (χ0v) is 15.1. The molecule has 3 aromatic carbocycles. The van der Waals surface area contributed by atoms with Gasteiger partial charge in [-0.2, -0.15) is 18.4 Å². The Morgan fingerprint density at radius 2 is 1.61 bits per heavy atom. The summed E-state index contributed by atoms with van der Waals surface area (Å²) in [6, 6.07) is 19.1. The Kier molecular flexibility index (Phi) is 4.70. The van der Waals surface area contributed by atoms with Crippen LogP contribution >= 0.6 is 0 Å². The molecule has 0 aromatic heterocycles. The van der Waals surface area contributed by atoms with Crippen LogP contribution < -0.4 is 5.01 Å². The Labute approximate surface area is 161 Å². The quantitative estimate of drug-likeness (QED) is 0.612. The van der Waals surface area contributed by atoms with Gasteiger partial charge in [-0.1, -0.05) is 36.4 Å². The van der Waals surface area contributed by atoms with E-state index < -0.39 is 11.7 Å². The number of hydrogen-bond donors (Lipinski definition) is 0. The Bertz CT molecular complexity index is 1040. The lowest BCUT2D eigenvalue weighted by Crippen LogP contribution is -2.36. The number of alkyl halides is 3. The minimum Gasteiger partial charge on any atom is -0.305 e. The van der Waals surface area contributed by atoms with Crippen LogP contribution in [0.25, 0.3) is 10.8 Å². The molecular weight excluding hydrogens is 363 g/mol. The number of halogens is 3. The fourth-order valence-electron chi connectivity index (χ4n) is 3.72. The van der Waals surface area contributed by atoms with Gasteiger partial charge in [0.05, 0.1) is 22.9 Å². The summed E-state index contributed by atoms with van der Waals surface area (Å²) in [5, 5.41) is 15.6. The number of fused-ring (bicyclic) bond motifs is 1. The van der Waals surface area contributed by atoms with Gasteiger partial charge in [0.1, 0.15) is 0 Å². The zero-order valence-electron chi connectivity index (χ0n) is 15.1. The molecule has 0 spiro atoms. The average Bonchev–Trinajstić information content (AvgIpc) is 3.14. The van der Waals surface area contributed by atoms with Crippen LogP contribution in [-0.4, -0.2) is 18.1 Å². The predicted octanol–water partition coefficient (Wildman–Crippen LogP) is 5.36. The van der Waals surface area contributed by atoms with Gasteiger partial charge in [-0.25, -0.2) is 5.01 Å². The first-order valence-corrected chi connectivity index (χ1v) is 9.08. The molecule has 0 aliphatic carbocycles. The molecule has 0 atom stereocenters. The Balaban J connectivity index is 1.63. The molecule has 0 radical (unpaired) electrons. The summed E-state index contributed by atoms with van der Waals surface area (Å²) in [5.41, 5.74) is 1.84. The molecule has 1 saturated heterocycles. The lowest BCUT2D eigenvalue weighted by atomic mass is 10.0. The number of nitrogens with zero attached hydrogens (tertiary/aromatic N) is 3. The molecule has 0 bridgehead atoms. The molecule has 3 nitrogen and oxygen atoms in total. The second-order valence-electron chi connectivity index (χ2n) is 6.85. The van der Waals surface area contributed by atoms with Crippen molar-refractivity contribution in [2.45, 2.75) is 19.1 Å². The maximum absolute atomic E-state index is 12.8. The maximum atomic E-state index is 12.8. The van der Waals surface area contributed by atoms with Crippen LogP contribution in [0.5, 0.6) is 0 Å². The third-order valence-corrected chi connectivity index (χ3v) is 5.07. The van der Waals surface area contributed by atoms with Crippen LogP contribution in [0.2, 0.25) is 0 Å². The number of benzene rings is 3. The molecule has 1 fully saturated rings. The van der Waals surface area contributed by atoms with Gasteiger partial charge in [-0.3, -0.25) is 0 Å². The molecule has 0 unspecified atom stereocenters. The van der Waals surface area contributed by atoms with Crippen molar-refractivity contribution in [3.05, 3.63) is 77.4 Å². The first kappa shape index (κ1) is 18.3. The SMILES string of the molecule is N#Cc1ccc(N2CCCN2Cc2ccc(C(F)(F)F)cc2)c2ccccc12. The summed E-state index contributed by atoms with van der Waals surface area (Å²) >= 11 is 0. The predicted molar refractivity (Wildman–Crippen MR) is 102 cm³/mol. The summed E-state index contributed by atoms with van der Waals surface area (Å²) < 4.78 is 38.3. The molecule has 0 saturated carbocycles. The van der Waals surface area contributed by atoms with Crippen LogP contribution in [0.15, 0.2) is 60.7 Å². The monoisotopic (exact) mass is 381 g/mol. The third kappa shape index (κ3) is 3.41. The Morgan fingerprint density at radius 1 is 0.893 bits per heavy atom. The number of anilines is 1. The summed E-state index contributed by atoms with van der Waals surface area (Å²) in [4.78, 5) is 0. The standard InChI is InChI=1S/C22H18F3N3/c23-22(24,25)18-9-6-16(7-10-18)15-27-12-3-13-28(27)21-11-8-17(14-26)19-4-1-2-5-20(19)21/h1-2,4-11H,3,12-13,15H2. The van der Waals surface area contributed by atoms with Crippen LogP contribution in [0.3, 0.4) is 0 Å². The number of hydrogen-bond acceptors (Lipinski definition) is 3. The van der Waals surface area contributed by atoms with Crippen molar-refractivity contribution in [3.8, 4) is 6.07 Å². The van der Waals surface area contributed by atoms with Crippen molar-refractivity contribution < 1.29 is 13.2 Å². The number of hydrazine groups is 1. The highest BCUT2D eigenvalue weighted by Gasteiger charge is 2.30. The molecule has 4 rings (SSSR count). The van der Waals surface area contributed by atoms with Crippen molar-refractivity contribution in [1.82, 2.24) is 5.01 Å². The highest BCUT2D eigenvalue weighted by Crippen LogP contribution is 2.33. The van der Waals surface area contributed by atoms with Gasteiger partial charge in [0.2, 0.25) is 0 Å². The van der Waals surface area contributed by atoms with E-state index in [1.165, 1.54) is 12.1 Å². The van der Waals surface area contributed by atoms with Gasteiger partial charge in [0, 0.05) is 30.4 Å². The fraction of sp³-hybridized carbons (Fsp3) is 0.227. The molecule has 1 heterocycles. The molecule has 0 N–H and O–H groups in total. The van der Waals surface area contributed by atoms with Crippen molar-refractivity contribution in [2.75, 3.05) is 18.1 Å². The van der Waals surface area contributed by atoms with Gasteiger partial charge in [-0.05, 0) is 36.2 Å². The van der Waals surface area contributed by atoms with E-state index in [0.717, 1.165) is 53.7 Å². The van der Waals surface area contributed by atoms with Crippen molar-refractivity contribution >= 4 is 16.5 Å². The molecule has 6 heteroatoms. The third-order valence-electron chi connectivity index (χ3n) is 5.07. The topological polar surface area (TPSA) is 30.3 Å². The second kappa shape index (κ2) is 7.17. The van der Waals surface area contributed by atoms with E-state index in [1.807, 2.05) is 36.4 Å². The van der Waals surface area contributed by atoms with Gasteiger partial charge in [-0.15, -0.1) is 0 Å². The summed E-state index contributed by atoms with van der Waals surface area (Å²) in [5.74, 6) is 0. The van der Waals surface area contributed by atoms with Crippen LogP contribution in [0.4, 0.5) is 18.9 Å². The van der Waals surface area contributed by atoms with E-state index in [0.29, 0.717) is 12.1 Å². The van der Waals surface area contributed by atoms with Crippen LogP contribution in [0, 0.1) is 11.3 Å². The van der Waals surface area contributed by atoms with E-state index in [2.05, 4.69) is 16.1 Å². The largest absolute Gasteiger partial charge is 0.416 e. The first-order chi connectivity index (χ1) is 13.5. The second-order valence-corrected chi connectivity index (χ2v) is 6.85. The Hall–Kier alpha value is -3.04. The van der Waals surface area contributed by atoms with E-state index in [1.54, 1.807) is 0 Å². The molecule has 142 valence electrons. The highest BCUT2D eigenvalue weighted by molar-refractivity contribution is 5.97. The van der Waals surface area contributed by atoms with Gasteiger partial charge >= 0.3 is 6.18 Å². The van der Waals surface area contributed by atoms with E-state index >= 15 is 0 Å². The Morgan fingerprint density at radius 3 is 2.29 bits per heavy atom. The minimum absolute atomic E-state index is 0.534. The van der Waals surface area contributed by atoms with Gasteiger partial charge in [0.15, 0.2) is 0 Å².